The van der Waals surface area contributed by atoms with Crippen LogP contribution in [0.15, 0.2) is 48.5 Å². The number of nitrogens with one attached hydrogen (secondary N) is 9. The lowest BCUT2D eigenvalue weighted by atomic mass is 10.0. The number of carbonyl (C=O) groups is 9. The molecule has 0 unspecified atom stereocenters. The number of ether oxygens (including phenoxy) is 3. The molecule has 0 atom stereocenters. The molecule has 11 N–H and O–H groups in total. The number of carbonyl (C=O) groups excluding carboxylic acids is 9. The Bertz CT molecular complexity index is 4140. The average Bonchev–Trinajstić information content (AvgIpc) is 1.63. The van der Waals surface area contributed by atoms with Crippen molar-refractivity contribution in [1.29, 1.82) is 0 Å². The average molecular weight is 1430 g/mol. The first-order chi connectivity index (χ1) is 49.3. The van der Waals surface area contributed by atoms with Gasteiger partial charge in [-0.2, -0.15) is 0 Å². The fourth-order valence-electron chi connectivity index (χ4n) is 12.8. The molecule has 0 saturated carbocycles. The number of nitrogens with two attached hydrogens (primary N) is 1. The monoisotopic (exact) mass is 1430 g/mol. The van der Waals surface area contributed by atoms with Crippen molar-refractivity contribution in [3.63, 3.8) is 0 Å². The molecule has 6 aromatic rings. The van der Waals surface area contributed by atoms with E-state index in [1.165, 1.54) is 69.9 Å². The van der Waals surface area contributed by atoms with Crippen molar-refractivity contribution in [2.24, 2.45) is 0 Å². The van der Waals surface area contributed by atoms with Crippen LogP contribution < -0.4 is 43.0 Å². The lowest BCUT2D eigenvalue weighted by Gasteiger charge is -2.25. The molecule has 6 aliphatic rings. The molecule has 103 heavy (non-hydrogen) atoms. The number of amides is 9. The zero-order valence-corrected chi connectivity index (χ0v) is 59.0. The molecule has 2 aromatic heterocycles. The predicted molar refractivity (Wildman–Crippen MR) is 384 cm³/mol. The smallest absolute Gasteiger partial charge is 0.256 e. The van der Waals surface area contributed by atoms with Crippen molar-refractivity contribution in [3.8, 4) is 0 Å². The quantitative estimate of drug-likeness (QED) is 0.0184. The molecule has 30 heteroatoms. The van der Waals surface area contributed by atoms with Crippen LogP contribution in [0.5, 0.6) is 0 Å². The van der Waals surface area contributed by atoms with Gasteiger partial charge in [0.1, 0.15) is 43.1 Å². The number of methoxy groups -OCH3 is 3. The Morgan fingerprint density at radius 2 is 0.874 bits per heavy atom. The van der Waals surface area contributed by atoms with Crippen LogP contribution in [-0.4, -0.2) is 189 Å². The zero-order chi connectivity index (χ0) is 74.5. The fraction of sp³-hybridized carbons (Fsp3) is 0.384. The summed E-state index contributed by atoms with van der Waals surface area (Å²) in [6.45, 7) is 19.8. The van der Waals surface area contributed by atoms with Gasteiger partial charge in [0.25, 0.3) is 23.6 Å². The number of benzene rings is 4. The van der Waals surface area contributed by atoms with Crippen molar-refractivity contribution in [2.75, 3.05) is 150 Å². The maximum absolute atomic E-state index is 14.8. The van der Waals surface area contributed by atoms with E-state index in [9.17, 15) is 60.7 Å². The van der Waals surface area contributed by atoms with Crippen molar-refractivity contribution in [2.45, 2.75) is 80.1 Å². The topological polar surface area (TPSA) is 336 Å². The van der Waals surface area contributed by atoms with Crippen molar-refractivity contribution < 1.29 is 74.9 Å². The summed E-state index contributed by atoms with van der Waals surface area (Å²) >= 11 is 0. The summed E-state index contributed by atoms with van der Waals surface area (Å²) in [5, 5.41) is 17.9. The Morgan fingerprint density at radius 1 is 0.515 bits per heavy atom. The Labute approximate surface area is 592 Å². The van der Waals surface area contributed by atoms with Crippen molar-refractivity contribution in [1.82, 2.24) is 29.6 Å². The number of hydrogen-bond donors (Lipinski definition) is 10. The minimum atomic E-state index is -0.663. The van der Waals surface area contributed by atoms with Gasteiger partial charge in [-0.15, -0.1) is 0 Å². The number of fused-ring (bicyclic) bond motifs is 6. The second kappa shape index (κ2) is 34.4. The van der Waals surface area contributed by atoms with Gasteiger partial charge in [-0.3, -0.25) is 43.2 Å². The summed E-state index contributed by atoms with van der Waals surface area (Å²) in [7, 11) is 4.11. The van der Waals surface area contributed by atoms with Crippen LogP contribution in [-0.2, 0) is 73.5 Å². The Morgan fingerprint density at radius 3 is 1.25 bits per heavy atom. The highest BCUT2D eigenvalue weighted by molar-refractivity contribution is 6.36. The molecule has 548 valence electrons. The standard InChI is InChI=1S/2C27H34FN5O4.C11H11FN2O3.C8H7FN2O/c2*1-5-32(6-2)10-11-33-9-7-8-20-25(27(33)36)16(3)21(29-20)13-18-17-12-19(28)23(30-24(34)15-37-4)14-22(17)31-26(18)35;1-17-5-11(16)14-9-4-8-6(2-7(9)12)3-10(15)13-8;9-5-1-4-2-8(12)11-7(4)3-6(5)10/h2*12-14,29H,5-11,15H2,1-4H3,(H,30,34)(H,31,35);2,4H,3,5H2,1H3,(H,13,15)(H,14,16);1,3H,2,10H2,(H,11,12)/b2*18-13-;;. The van der Waals surface area contributed by atoms with Gasteiger partial charge in [0.05, 0.1) is 69.2 Å². The number of rotatable bonds is 21. The van der Waals surface area contributed by atoms with Crippen LogP contribution in [0.1, 0.15) is 117 Å². The van der Waals surface area contributed by atoms with E-state index >= 15 is 0 Å². The summed E-state index contributed by atoms with van der Waals surface area (Å²) in [6, 6.07) is 10.6. The third-order valence-corrected chi connectivity index (χ3v) is 18.3. The molecule has 26 nitrogen and oxygen atoms in total. The summed E-state index contributed by atoms with van der Waals surface area (Å²) in [5.74, 6) is -4.87. The lowest BCUT2D eigenvalue weighted by Crippen LogP contribution is -2.38. The predicted octanol–water partition coefficient (Wildman–Crippen LogP) is 8.35. The SMILES string of the molecule is CCN(CC)CCN1CCCc2[nH]c(/C=C3\C(=O)Nc4cc(NC(=O)COC)c(F)cc43)c(C)c2C1=O.CCN(CC)CCN1CCCc2[nH]c(/C=C3\C(=O)Nc4cc(NC(=O)COC)c(F)cc43)c(C)c2C1=O.COCC(=O)Nc1cc2c(cc1F)CC(=O)N2.Nc1cc2c(cc1F)CC(=O)N2. The van der Waals surface area contributed by atoms with Gasteiger partial charge in [0, 0.05) is 106 Å². The van der Waals surface area contributed by atoms with Crippen LogP contribution in [0.25, 0.3) is 23.3 Å². The molecule has 12 rings (SSSR count). The number of hydrogen-bond acceptors (Lipinski definition) is 15. The summed E-state index contributed by atoms with van der Waals surface area (Å²) in [5.41, 5.74) is 15.8. The van der Waals surface area contributed by atoms with E-state index in [-0.39, 0.29) is 102 Å². The largest absolute Gasteiger partial charge is 0.396 e. The first kappa shape index (κ1) is 76.6. The van der Waals surface area contributed by atoms with Gasteiger partial charge in [-0.1, -0.05) is 27.7 Å². The van der Waals surface area contributed by atoms with E-state index in [4.69, 9.17) is 15.2 Å². The second-order valence-corrected chi connectivity index (χ2v) is 25.1. The van der Waals surface area contributed by atoms with Gasteiger partial charge in [-0.05, 0) is 149 Å². The highest BCUT2D eigenvalue weighted by Gasteiger charge is 2.34. The maximum Gasteiger partial charge on any atom is 0.256 e. The fourth-order valence-corrected chi connectivity index (χ4v) is 12.8. The molecule has 0 bridgehead atoms. The normalized spacial score (nSPS) is 15.4. The van der Waals surface area contributed by atoms with E-state index < -0.39 is 41.0 Å². The molecule has 6 aliphatic heterocycles. The van der Waals surface area contributed by atoms with Crippen molar-refractivity contribution >= 4 is 122 Å². The van der Waals surface area contributed by atoms with Crippen LogP contribution in [0, 0.1) is 37.1 Å². The van der Waals surface area contributed by atoms with Gasteiger partial charge >= 0.3 is 0 Å². The number of aromatic nitrogens is 2. The number of aryl methyl sites for hydroxylation is 2. The summed E-state index contributed by atoms with van der Waals surface area (Å²) in [4.78, 5) is 124. The molecular weight excluding hydrogens is 1340 g/mol. The number of nitrogens with zero attached hydrogens (tertiary/aromatic N) is 4. The van der Waals surface area contributed by atoms with Crippen molar-refractivity contribution in [3.05, 3.63) is 139 Å². The zero-order valence-electron chi connectivity index (χ0n) is 59.0. The molecule has 0 saturated heterocycles. The number of nitrogen functional groups attached to an aromatic ring is 1. The highest BCUT2D eigenvalue weighted by Crippen LogP contribution is 2.40. The minimum absolute atomic E-state index is 0.00295. The molecule has 0 spiro atoms. The molecule has 9 amide bonds. The number of H-pyrrole nitrogens is 2. The van der Waals surface area contributed by atoms with E-state index in [1.54, 1.807) is 12.2 Å². The van der Waals surface area contributed by atoms with Crippen LogP contribution in [0.4, 0.5) is 63.1 Å². The van der Waals surface area contributed by atoms with E-state index in [0.29, 0.717) is 93.7 Å². The van der Waals surface area contributed by atoms with Gasteiger partial charge in [0.2, 0.25) is 29.5 Å². The molecule has 0 aliphatic carbocycles. The first-order valence-corrected chi connectivity index (χ1v) is 33.9. The van der Waals surface area contributed by atoms with Gasteiger partial charge < -0.3 is 86.7 Å². The van der Waals surface area contributed by atoms with E-state index in [0.717, 1.165) is 87.5 Å². The van der Waals surface area contributed by atoms with E-state index in [2.05, 4.69) is 89.4 Å². The molecule has 4 aromatic carbocycles. The number of anilines is 8. The highest BCUT2D eigenvalue weighted by atomic mass is 19.1. The van der Waals surface area contributed by atoms with Gasteiger partial charge in [-0.25, -0.2) is 17.6 Å². The number of aromatic amines is 2. The molecule has 8 heterocycles. The molecular formula is C73H86F4N14O12. The Kier molecular flexibility index (Phi) is 25.6. The van der Waals surface area contributed by atoms with E-state index in [1.807, 2.05) is 23.6 Å². The molecule has 0 radical (unpaired) electrons. The second-order valence-electron chi connectivity index (χ2n) is 25.1. The van der Waals surface area contributed by atoms with Crippen LogP contribution in [0.3, 0.4) is 0 Å². The summed E-state index contributed by atoms with van der Waals surface area (Å²) < 4.78 is 70.1. The number of halogens is 4. The Hall–Kier alpha value is -10.5. The van der Waals surface area contributed by atoms with Gasteiger partial charge in [0.15, 0.2) is 0 Å². The molecule has 0 fully saturated rings. The van der Waals surface area contributed by atoms with Crippen LogP contribution >= 0.6 is 0 Å². The third kappa shape index (κ3) is 18.2. The first-order valence-electron chi connectivity index (χ1n) is 33.9. The van der Waals surface area contributed by atoms with Crippen LogP contribution in [0.2, 0.25) is 0 Å². The third-order valence-electron chi connectivity index (χ3n) is 18.3. The summed E-state index contributed by atoms with van der Waals surface area (Å²) in [6.07, 6.45) is 6.90. The minimum Gasteiger partial charge on any atom is -0.396 e. The maximum atomic E-state index is 14.8. The number of likely N-dealkylation sites (N-methyl/N-ethyl adjacent to an activating group) is 2. The Balaban J connectivity index is 0.000000174. The lowest BCUT2D eigenvalue weighted by molar-refractivity contribution is -0.120.